The lowest BCUT2D eigenvalue weighted by Gasteiger charge is -2.24. The molecule has 1 aliphatic rings. The molecule has 6 nitrogen and oxygen atoms in total. The fourth-order valence-corrected chi connectivity index (χ4v) is 5.72. The highest BCUT2D eigenvalue weighted by molar-refractivity contribution is 7.92. The van der Waals surface area contributed by atoms with Crippen molar-refractivity contribution in [3.63, 3.8) is 0 Å². The van der Waals surface area contributed by atoms with Crippen molar-refractivity contribution in [1.82, 2.24) is 0 Å². The molecule has 0 unspecified atom stereocenters. The van der Waals surface area contributed by atoms with Gasteiger partial charge in [0, 0.05) is 34.5 Å². The van der Waals surface area contributed by atoms with E-state index in [-0.39, 0.29) is 20.6 Å². The largest absolute Gasteiger partial charge is 0.372 e. The van der Waals surface area contributed by atoms with Crippen LogP contribution in [0.4, 0.5) is 17.1 Å². The van der Waals surface area contributed by atoms with Crippen LogP contribution in [-0.2, 0) is 14.8 Å². The third kappa shape index (κ3) is 5.61. The van der Waals surface area contributed by atoms with Gasteiger partial charge >= 0.3 is 0 Å². The minimum atomic E-state index is -4.04. The Morgan fingerprint density at radius 2 is 1.52 bits per heavy atom. The van der Waals surface area contributed by atoms with E-state index in [2.05, 4.69) is 10.2 Å². The molecule has 3 aromatic carbocycles. The van der Waals surface area contributed by atoms with E-state index in [0.29, 0.717) is 5.69 Å². The maximum Gasteiger partial charge on any atom is 0.264 e. The first kappa shape index (κ1) is 23.4. The average molecular weight is 504 g/mol. The molecule has 0 spiro atoms. The van der Waals surface area contributed by atoms with E-state index in [1.54, 1.807) is 18.2 Å². The Labute approximate surface area is 203 Å². The lowest BCUT2D eigenvalue weighted by atomic mass is 10.2. The van der Waals surface area contributed by atoms with Crippen molar-refractivity contribution in [3.05, 3.63) is 82.8 Å². The van der Waals surface area contributed by atoms with Gasteiger partial charge in [0.1, 0.15) is 6.54 Å². The zero-order valence-electron chi connectivity index (χ0n) is 17.7. The van der Waals surface area contributed by atoms with Gasteiger partial charge in [-0.2, -0.15) is 0 Å². The fraction of sp³-hybridized carbons (Fsp3) is 0.208. The quantitative estimate of drug-likeness (QED) is 0.466. The normalized spacial score (nSPS) is 13.7. The average Bonchev–Trinajstić information content (AvgIpc) is 3.33. The van der Waals surface area contributed by atoms with Crippen LogP contribution in [0.5, 0.6) is 0 Å². The predicted octanol–water partition coefficient (Wildman–Crippen LogP) is 5.43. The molecule has 0 aromatic heterocycles. The van der Waals surface area contributed by atoms with Gasteiger partial charge in [0.2, 0.25) is 5.91 Å². The van der Waals surface area contributed by atoms with E-state index in [4.69, 9.17) is 23.2 Å². The van der Waals surface area contributed by atoms with Crippen molar-refractivity contribution < 1.29 is 13.2 Å². The van der Waals surface area contributed by atoms with Crippen LogP contribution >= 0.6 is 23.2 Å². The number of amides is 1. The number of anilines is 3. The van der Waals surface area contributed by atoms with Crippen LogP contribution < -0.4 is 14.5 Å². The maximum absolute atomic E-state index is 13.4. The molecule has 0 atom stereocenters. The smallest absolute Gasteiger partial charge is 0.264 e. The standard InChI is InChI=1S/C24H23Cl2N3O3S/c25-18-14-19(26)16-22(15-18)29(33(31,32)23-6-2-1-3-7-23)17-24(30)27-20-8-10-21(11-9-20)28-12-4-5-13-28/h1-3,6-11,14-16H,4-5,12-13,17H2,(H,27,30). The van der Waals surface area contributed by atoms with Crippen LogP contribution in [0, 0.1) is 0 Å². The summed E-state index contributed by atoms with van der Waals surface area (Å²) in [5.74, 6) is -0.487. The molecule has 1 aliphatic heterocycles. The Kier molecular flexibility index (Phi) is 7.12. The van der Waals surface area contributed by atoms with Gasteiger partial charge in [-0.1, -0.05) is 41.4 Å². The van der Waals surface area contributed by atoms with Crippen molar-refractivity contribution in [1.29, 1.82) is 0 Å². The van der Waals surface area contributed by atoms with E-state index < -0.39 is 22.5 Å². The predicted molar refractivity (Wildman–Crippen MR) is 134 cm³/mol. The summed E-state index contributed by atoms with van der Waals surface area (Å²) in [4.78, 5) is 15.2. The highest BCUT2D eigenvalue weighted by atomic mass is 35.5. The number of sulfonamides is 1. The zero-order valence-corrected chi connectivity index (χ0v) is 20.1. The molecule has 0 radical (unpaired) electrons. The number of rotatable bonds is 7. The van der Waals surface area contributed by atoms with Crippen molar-refractivity contribution in [2.24, 2.45) is 0 Å². The number of nitrogens with one attached hydrogen (secondary N) is 1. The summed E-state index contributed by atoms with van der Waals surface area (Å²) in [6.07, 6.45) is 2.36. The van der Waals surface area contributed by atoms with E-state index in [1.807, 2.05) is 24.3 Å². The molecule has 1 heterocycles. The number of halogens is 2. The fourth-order valence-electron chi connectivity index (χ4n) is 3.78. The molecule has 1 N–H and O–H groups in total. The minimum Gasteiger partial charge on any atom is -0.372 e. The second-order valence-electron chi connectivity index (χ2n) is 7.74. The molecular weight excluding hydrogens is 481 g/mol. The highest BCUT2D eigenvalue weighted by Gasteiger charge is 2.27. The summed E-state index contributed by atoms with van der Waals surface area (Å²) in [6.45, 7) is 1.61. The van der Waals surface area contributed by atoms with Gasteiger partial charge < -0.3 is 10.2 Å². The van der Waals surface area contributed by atoms with Crippen LogP contribution in [0.15, 0.2) is 77.7 Å². The first-order chi connectivity index (χ1) is 15.8. The summed E-state index contributed by atoms with van der Waals surface area (Å²) in [7, 11) is -4.04. The molecule has 3 aromatic rings. The second kappa shape index (κ2) is 10.0. The van der Waals surface area contributed by atoms with Crippen molar-refractivity contribution >= 4 is 56.2 Å². The van der Waals surface area contributed by atoms with Crippen molar-refractivity contribution in [3.8, 4) is 0 Å². The zero-order chi connectivity index (χ0) is 23.4. The molecule has 1 amide bonds. The van der Waals surface area contributed by atoms with Crippen LogP contribution in [0.1, 0.15) is 12.8 Å². The summed E-state index contributed by atoms with van der Waals surface area (Å²) < 4.78 is 27.8. The number of nitrogens with zero attached hydrogens (tertiary/aromatic N) is 2. The summed E-state index contributed by atoms with van der Waals surface area (Å²) in [5, 5.41) is 3.32. The van der Waals surface area contributed by atoms with E-state index >= 15 is 0 Å². The lowest BCUT2D eigenvalue weighted by Crippen LogP contribution is -2.38. The Bertz CT molecular complexity index is 1210. The van der Waals surface area contributed by atoms with Gasteiger partial charge in [0.25, 0.3) is 10.0 Å². The second-order valence-corrected chi connectivity index (χ2v) is 10.5. The third-order valence-corrected chi connectivity index (χ3v) is 7.60. The molecular formula is C24H23Cl2N3O3S. The van der Waals surface area contributed by atoms with Crippen LogP contribution in [0.3, 0.4) is 0 Å². The Balaban J connectivity index is 1.57. The first-order valence-corrected chi connectivity index (χ1v) is 12.7. The van der Waals surface area contributed by atoms with E-state index in [1.165, 1.54) is 43.2 Å². The van der Waals surface area contributed by atoms with Crippen LogP contribution in [-0.4, -0.2) is 34.0 Å². The molecule has 4 rings (SSSR count). The monoisotopic (exact) mass is 503 g/mol. The maximum atomic E-state index is 13.4. The summed E-state index contributed by atoms with van der Waals surface area (Å²) in [6, 6.07) is 19.9. The van der Waals surface area contributed by atoms with Crippen molar-refractivity contribution in [2.75, 3.05) is 34.2 Å². The summed E-state index contributed by atoms with van der Waals surface area (Å²) in [5.41, 5.74) is 1.90. The molecule has 1 saturated heterocycles. The Morgan fingerprint density at radius 1 is 0.909 bits per heavy atom. The Hall–Kier alpha value is -2.74. The van der Waals surface area contributed by atoms with Crippen LogP contribution in [0.25, 0.3) is 0 Å². The number of carbonyl (C=O) groups is 1. The number of hydrogen-bond acceptors (Lipinski definition) is 4. The Morgan fingerprint density at radius 3 is 2.12 bits per heavy atom. The molecule has 0 aliphatic carbocycles. The minimum absolute atomic E-state index is 0.0591. The van der Waals surface area contributed by atoms with Gasteiger partial charge in [-0.3, -0.25) is 9.10 Å². The first-order valence-electron chi connectivity index (χ1n) is 10.5. The number of carbonyl (C=O) groups excluding carboxylic acids is 1. The van der Waals surface area contributed by atoms with Gasteiger partial charge in [-0.05, 0) is 67.4 Å². The SMILES string of the molecule is O=C(CN(c1cc(Cl)cc(Cl)c1)S(=O)(=O)c1ccccc1)Nc1ccc(N2CCCC2)cc1. The lowest BCUT2D eigenvalue weighted by molar-refractivity contribution is -0.114. The molecule has 0 bridgehead atoms. The van der Waals surface area contributed by atoms with Gasteiger partial charge in [0.15, 0.2) is 0 Å². The molecule has 33 heavy (non-hydrogen) atoms. The summed E-state index contributed by atoms with van der Waals surface area (Å²) >= 11 is 12.2. The topological polar surface area (TPSA) is 69.7 Å². The van der Waals surface area contributed by atoms with Gasteiger partial charge in [-0.25, -0.2) is 8.42 Å². The van der Waals surface area contributed by atoms with Crippen LogP contribution in [0.2, 0.25) is 10.0 Å². The molecule has 172 valence electrons. The number of hydrogen-bond donors (Lipinski definition) is 1. The van der Waals surface area contributed by atoms with Gasteiger partial charge in [0.05, 0.1) is 10.6 Å². The molecule has 0 saturated carbocycles. The third-order valence-electron chi connectivity index (χ3n) is 5.38. The highest BCUT2D eigenvalue weighted by Crippen LogP contribution is 2.30. The van der Waals surface area contributed by atoms with E-state index in [9.17, 15) is 13.2 Å². The molecule has 1 fully saturated rings. The number of benzene rings is 3. The van der Waals surface area contributed by atoms with Crippen molar-refractivity contribution in [2.45, 2.75) is 17.7 Å². The van der Waals surface area contributed by atoms with E-state index in [0.717, 1.165) is 23.1 Å². The van der Waals surface area contributed by atoms with Gasteiger partial charge in [-0.15, -0.1) is 0 Å². The molecule has 9 heteroatoms.